The number of carbonyl (C=O) groups is 1. The molecule has 6 heteroatoms. The quantitative estimate of drug-likeness (QED) is 0.680. The van der Waals surface area contributed by atoms with Gasteiger partial charge in [-0.15, -0.1) is 11.3 Å². The van der Waals surface area contributed by atoms with Gasteiger partial charge >= 0.3 is 0 Å². The minimum Gasteiger partial charge on any atom is -0.322 e. The molecule has 0 aliphatic rings. The Kier molecular flexibility index (Phi) is 3.04. The van der Waals surface area contributed by atoms with E-state index in [-0.39, 0.29) is 5.91 Å². The molecule has 18 heavy (non-hydrogen) atoms. The van der Waals surface area contributed by atoms with Gasteiger partial charge < -0.3 is 5.32 Å². The first-order valence-corrected chi connectivity index (χ1v) is 7.17. The van der Waals surface area contributed by atoms with Crippen molar-refractivity contribution in [3.05, 3.63) is 44.3 Å². The summed E-state index contributed by atoms with van der Waals surface area (Å²) >= 11 is 3.76. The second-order valence-corrected chi connectivity index (χ2v) is 6.57. The highest BCUT2D eigenvalue weighted by Crippen LogP contribution is 2.20. The van der Waals surface area contributed by atoms with E-state index in [4.69, 9.17) is 0 Å². The summed E-state index contributed by atoms with van der Waals surface area (Å²) in [4.78, 5) is 12.0. The summed E-state index contributed by atoms with van der Waals surface area (Å²) in [5, 5.41) is 12.5. The molecule has 2 N–H and O–H groups in total. The van der Waals surface area contributed by atoms with Crippen molar-refractivity contribution in [2.45, 2.75) is 0 Å². The van der Waals surface area contributed by atoms with E-state index >= 15 is 0 Å². The molecule has 90 valence electrons. The van der Waals surface area contributed by atoms with Gasteiger partial charge in [0.25, 0.3) is 5.91 Å². The van der Waals surface area contributed by atoms with E-state index in [0.29, 0.717) is 5.56 Å². The van der Waals surface area contributed by atoms with Crippen LogP contribution in [0.3, 0.4) is 0 Å². The molecule has 0 bridgehead atoms. The Morgan fingerprint density at radius 2 is 2.28 bits per heavy atom. The van der Waals surface area contributed by atoms with Gasteiger partial charge in [0.2, 0.25) is 0 Å². The Hall–Kier alpha value is -1.41. The Balaban J connectivity index is 1.85. The number of rotatable bonds is 2. The molecule has 0 saturated heterocycles. The monoisotopic (exact) mass is 369 g/mol. The third kappa shape index (κ3) is 2.25. The molecular weight excluding hydrogens is 361 g/mol. The lowest BCUT2D eigenvalue weighted by Gasteiger charge is -2.03. The molecule has 1 aromatic carbocycles. The first-order valence-electron chi connectivity index (χ1n) is 5.21. The summed E-state index contributed by atoms with van der Waals surface area (Å²) in [7, 11) is 0. The summed E-state index contributed by atoms with van der Waals surface area (Å²) in [6.07, 6.45) is 1.73. The van der Waals surface area contributed by atoms with Gasteiger partial charge in [-0.2, -0.15) is 5.10 Å². The van der Waals surface area contributed by atoms with Crippen molar-refractivity contribution in [3.8, 4) is 0 Å². The van der Waals surface area contributed by atoms with Gasteiger partial charge in [0.1, 0.15) is 0 Å². The van der Waals surface area contributed by atoms with Gasteiger partial charge in [-0.3, -0.25) is 9.89 Å². The summed E-state index contributed by atoms with van der Waals surface area (Å²) < 4.78 is 1.10. The van der Waals surface area contributed by atoms with Crippen molar-refractivity contribution in [2.24, 2.45) is 0 Å². The molecule has 0 unspecified atom stereocenters. The number of carbonyl (C=O) groups excluding carboxylic acids is 1. The van der Waals surface area contributed by atoms with Crippen molar-refractivity contribution in [3.63, 3.8) is 0 Å². The lowest BCUT2D eigenvalue weighted by molar-refractivity contribution is 0.102. The summed E-state index contributed by atoms with van der Waals surface area (Å²) in [5.41, 5.74) is 2.42. The standard InChI is InChI=1S/C12H8IN3OS/c13-11-4-8(6-18-11)12(17)15-9-1-2-10-7(3-9)5-14-16-10/h1-6H,(H,14,16)(H,15,17). The van der Waals surface area contributed by atoms with Gasteiger partial charge in [0, 0.05) is 16.5 Å². The third-order valence-corrected chi connectivity index (χ3v) is 4.32. The second kappa shape index (κ2) is 4.69. The van der Waals surface area contributed by atoms with E-state index < -0.39 is 0 Å². The number of nitrogens with zero attached hydrogens (tertiary/aromatic N) is 1. The van der Waals surface area contributed by atoms with Crippen LogP contribution in [0.25, 0.3) is 10.9 Å². The lowest BCUT2D eigenvalue weighted by atomic mass is 10.2. The number of H-pyrrole nitrogens is 1. The number of hydrogen-bond acceptors (Lipinski definition) is 3. The van der Waals surface area contributed by atoms with E-state index in [1.807, 2.05) is 29.6 Å². The maximum Gasteiger partial charge on any atom is 0.256 e. The Bertz CT molecular complexity index is 719. The van der Waals surface area contributed by atoms with Crippen LogP contribution in [0.5, 0.6) is 0 Å². The van der Waals surface area contributed by atoms with Gasteiger partial charge in [-0.05, 0) is 46.9 Å². The van der Waals surface area contributed by atoms with E-state index in [1.165, 1.54) is 0 Å². The largest absolute Gasteiger partial charge is 0.322 e. The molecule has 0 radical (unpaired) electrons. The Morgan fingerprint density at radius 3 is 3.06 bits per heavy atom. The number of fused-ring (bicyclic) bond motifs is 1. The average molecular weight is 369 g/mol. The van der Waals surface area contributed by atoms with Gasteiger partial charge in [-0.25, -0.2) is 0 Å². The van der Waals surface area contributed by atoms with Crippen LogP contribution in [0.1, 0.15) is 10.4 Å². The molecule has 0 aliphatic heterocycles. The van der Waals surface area contributed by atoms with Gasteiger partial charge in [-0.1, -0.05) is 0 Å². The number of nitrogens with one attached hydrogen (secondary N) is 2. The number of thiophene rings is 1. The molecule has 2 aromatic heterocycles. The lowest BCUT2D eigenvalue weighted by Crippen LogP contribution is -2.10. The van der Waals surface area contributed by atoms with Crippen LogP contribution in [0.2, 0.25) is 0 Å². The van der Waals surface area contributed by atoms with Crippen LogP contribution in [0, 0.1) is 2.88 Å². The SMILES string of the molecule is O=C(Nc1ccc2[nH]ncc2c1)c1csc(I)c1. The summed E-state index contributed by atoms with van der Waals surface area (Å²) in [5.74, 6) is -0.0861. The van der Waals surface area contributed by atoms with E-state index in [0.717, 1.165) is 19.5 Å². The fourth-order valence-electron chi connectivity index (χ4n) is 1.65. The van der Waals surface area contributed by atoms with Crippen LogP contribution in [-0.2, 0) is 0 Å². The average Bonchev–Trinajstić information content (AvgIpc) is 2.96. The smallest absolute Gasteiger partial charge is 0.256 e. The van der Waals surface area contributed by atoms with Crippen molar-refractivity contribution < 1.29 is 4.79 Å². The van der Waals surface area contributed by atoms with Crippen LogP contribution >= 0.6 is 33.9 Å². The fourth-order valence-corrected chi connectivity index (χ4v) is 2.98. The fraction of sp³-hybridized carbons (Fsp3) is 0. The van der Waals surface area contributed by atoms with Crippen molar-refractivity contribution >= 4 is 56.4 Å². The molecular formula is C12H8IN3OS. The molecule has 3 aromatic rings. The minimum absolute atomic E-state index is 0.0861. The highest BCUT2D eigenvalue weighted by Gasteiger charge is 2.08. The number of hydrogen-bond donors (Lipinski definition) is 2. The Morgan fingerprint density at radius 1 is 1.39 bits per heavy atom. The van der Waals surface area contributed by atoms with E-state index in [1.54, 1.807) is 17.5 Å². The number of amides is 1. The second-order valence-electron chi connectivity index (χ2n) is 3.77. The first kappa shape index (κ1) is 11.7. The molecule has 4 nitrogen and oxygen atoms in total. The molecule has 1 amide bonds. The normalized spacial score (nSPS) is 10.7. The van der Waals surface area contributed by atoms with Crippen molar-refractivity contribution in [2.75, 3.05) is 5.32 Å². The maximum absolute atomic E-state index is 12.0. The molecule has 2 heterocycles. The maximum atomic E-state index is 12.0. The molecule has 0 spiro atoms. The van der Waals surface area contributed by atoms with Crippen molar-refractivity contribution in [1.29, 1.82) is 0 Å². The number of aromatic nitrogens is 2. The van der Waals surface area contributed by atoms with Gasteiger partial charge in [0.05, 0.1) is 20.2 Å². The molecule has 0 saturated carbocycles. The topological polar surface area (TPSA) is 57.8 Å². The highest BCUT2D eigenvalue weighted by atomic mass is 127. The molecule has 3 rings (SSSR count). The number of halogens is 1. The number of aromatic amines is 1. The molecule has 0 atom stereocenters. The first-order chi connectivity index (χ1) is 8.72. The zero-order chi connectivity index (χ0) is 12.5. The predicted octanol–water partition coefficient (Wildman–Crippen LogP) is 3.48. The van der Waals surface area contributed by atoms with Crippen LogP contribution in [0.4, 0.5) is 5.69 Å². The number of benzene rings is 1. The zero-order valence-corrected chi connectivity index (χ0v) is 12.1. The molecule has 0 aliphatic carbocycles. The third-order valence-electron chi connectivity index (χ3n) is 2.53. The van der Waals surface area contributed by atoms with E-state index in [9.17, 15) is 4.79 Å². The predicted molar refractivity (Wildman–Crippen MR) is 81.1 cm³/mol. The number of anilines is 1. The molecule has 0 fully saturated rings. The highest BCUT2D eigenvalue weighted by molar-refractivity contribution is 14.1. The van der Waals surface area contributed by atoms with Crippen molar-refractivity contribution in [1.82, 2.24) is 10.2 Å². The Labute approximate surface area is 121 Å². The summed E-state index contributed by atoms with van der Waals surface area (Å²) in [6, 6.07) is 7.52. The van der Waals surface area contributed by atoms with Crippen LogP contribution < -0.4 is 5.32 Å². The van der Waals surface area contributed by atoms with Gasteiger partial charge in [0.15, 0.2) is 0 Å². The zero-order valence-electron chi connectivity index (χ0n) is 9.11. The van der Waals surface area contributed by atoms with Crippen LogP contribution in [-0.4, -0.2) is 16.1 Å². The minimum atomic E-state index is -0.0861. The van der Waals surface area contributed by atoms with Crippen LogP contribution in [0.15, 0.2) is 35.8 Å². The summed E-state index contributed by atoms with van der Waals surface area (Å²) in [6.45, 7) is 0. The van der Waals surface area contributed by atoms with E-state index in [2.05, 4.69) is 38.1 Å².